The van der Waals surface area contributed by atoms with E-state index in [4.69, 9.17) is 16.7 Å². The number of aromatic carboxylic acids is 1. The highest BCUT2D eigenvalue weighted by molar-refractivity contribution is 6.31. The van der Waals surface area contributed by atoms with Gasteiger partial charge in [0.1, 0.15) is 5.82 Å². The number of halogens is 1. The third kappa shape index (κ3) is 3.08. The van der Waals surface area contributed by atoms with Gasteiger partial charge >= 0.3 is 5.97 Å². The zero-order chi connectivity index (χ0) is 14.0. The van der Waals surface area contributed by atoms with Gasteiger partial charge < -0.3 is 10.4 Å². The van der Waals surface area contributed by atoms with Gasteiger partial charge in [-0.3, -0.25) is 9.89 Å². The van der Waals surface area contributed by atoms with Crippen LogP contribution in [-0.4, -0.2) is 32.2 Å². The summed E-state index contributed by atoms with van der Waals surface area (Å²) in [6, 6.07) is 4.02. The van der Waals surface area contributed by atoms with E-state index in [0.717, 1.165) is 0 Å². The van der Waals surface area contributed by atoms with E-state index in [-0.39, 0.29) is 22.1 Å². The molecule has 1 amide bonds. The zero-order valence-corrected chi connectivity index (χ0v) is 10.5. The Morgan fingerprint density at radius 1 is 1.37 bits per heavy atom. The highest BCUT2D eigenvalue weighted by Gasteiger charge is 2.13. The van der Waals surface area contributed by atoms with Gasteiger partial charge in [-0.15, -0.1) is 5.10 Å². The predicted molar refractivity (Wildman–Crippen MR) is 67.5 cm³/mol. The zero-order valence-electron chi connectivity index (χ0n) is 9.77. The van der Waals surface area contributed by atoms with Crippen molar-refractivity contribution in [3.63, 3.8) is 0 Å². The van der Waals surface area contributed by atoms with Crippen LogP contribution in [0.15, 0.2) is 18.2 Å². The molecule has 8 heteroatoms. The van der Waals surface area contributed by atoms with Crippen LogP contribution in [0.25, 0.3) is 0 Å². The van der Waals surface area contributed by atoms with Crippen LogP contribution in [0, 0.1) is 6.92 Å². The van der Waals surface area contributed by atoms with E-state index >= 15 is 0 Å². The Morgan fingerprint density at radius 2 is 2.11 bits per heavy atom. The minimum absolute atomic E-state index is 0.0195. The fraction of sp³-hybridized carbons (Fsp3) is 0.0909. The van der Waals surface area contributed by atoms with Gasteiger partial charge in [-0.1, -0.05) is 11.6 Å². The SMILES string of the molecule is Cc1nc(C(=O)Nc2cc(Cl)cc(C(=O)O)c2)n[nH]1. The number of hydrogen-bond acceptors (Lipinski definition) is 4. The molecule has 7 nitrogen and oxygen atoms in total. The van der Waals surface area contributed by atoms with Crippen molar-refractivity contribution in [2.45, 2.75) is 6.92 Å². The lowest BCUT2D eigenvalue weighted by Crippen LogP contribution is -2.14. The van der Waals surface area contributed by atoms with E-state index in [2.05, 4.69) is 20.5 Å². The molecule has 0 saturated carbocycles. The van der Waals surface area contributed by atoms with Crippen LogP contribution in [0.5, 0.6) is 0 Å². The van der Waals surface area contributed by atoms with Crippen LogP contribution in [-0.2, 0) is 0 Å². The van der Waals surface area contributed by atoms with E-state index < -0.39 is 11.9 Å². The molecule has 1 aromatic heterocycles. The number of amides is 1. The standard InChI is InChI=1S/C11H9ClN4O3/c1-5-13-9(16-15-5)10(17)14-8-3-6(11(18)19)2-7(12)4-8/h2-4H,1H3,(H,14,17)(H,18,19)(H,13,15,16). The maximum atomic E-state index is 11.8. The van der Waals surface area contributed by atoms with E-state index in [1.807, 2.05) is 0 Å². The fourth-order valence-electron chi connectivity index (χ4n) is 1.42. The molecule has 2 rings (SSSR count). The van der Waals surface area contributed by atoms with E-state index in [1.54, 1.807) is 6.92 Å². The summed E-state index contributed by atoms with van der Waals surface area (Å²) >= 11 is 5.78. The number of carbonyl (C=O) groups excluding carboxylic acids is 1. The number of carboxylic acids is 1. The Morgan fingerprint density at radius 3 is 2.68 bits per heavy atom. The van der Waals surface area contributed by atoms with Crippen LogP contribution in [0.4, 0.5) is 5.69 Å². The molecule has 0 spiro atoms. The smallest absolute Gasteiger partial charge is 0.335 e. The van der Waals surface area contributed by atoms with Gasteiger partial charge in [0.05, 0.1) is 5.56 Å². The van der Waals surface area contributed by atoms with Gasteiger partial charge in [0, 0.05) is 10.7 Å². The van der Waals surface area contributed by atoms with E-state index in [1.165, 1.54) is 18.2 Å². The molecule has 0 unspecified atom stereocenters. The summed E-state index contributed by atoms with van der Waals surface area (Å²) in [5.74, 6) is -1.22. The molecule has 1 aromatic carbocycles. The molecule has 0 bridgehead atoms. The second-order valence-electron chi connectivity index (χ2n) is 3.73. The molecule has 0 aliphatic rings. The number of anilines is 1. The molecule has 0 atom stereocenters. The molecular formula is C11H9ClN4O3. The molecule has 0 fully saturated rings. The molecule has 98 valence electrons. The Hall–Kier alpha value is -2.41. The van der Waals surface area contributed by atoms with Gasteiger partial charge in [0.25, 0.3) is 5.91 Å². The lowest BCUT2D eigenvalue weighted by molar-refractivity contribution is 0.0696. The predicted octanol–water partition coefficient (Wildman–Crippen LogP) is 1.72. The Kier molecular flexibility index (Phi) is 3.48. The van der Waals surface area contributed by atoms with Crippen molar-refractivity contribution in [3.05, 3.63) is 40.4 Å². The van der Waals surface area contributed by atoms with Crippen LogP contribution >= 0.6 is 11.6 Å². The van der Waals surface area contributed by atoms with Crippen molar-refractivity contribution >= 4 is 29.2 Å². The number of aromatic amines is 1. The summed E-state index contributed by atoms with van der Waals surface area (Å²) in [5, 5.41) is 17.8. The first-order valence-corrected chi connectivity index (χ1v) is 5.58. The molecular weight excluding hydrogens is 272 g/mol. The molecule has 0 radical (unpaired) electrons. The van der Waals surface area contributed by atoms with Crippen molar-refractivity contribution in [3.8, 4) is 0 Å². The summed E-state index contributed by atoms with van der Waals surface area (Å²) in [6.07, 6.45) is 0. The maximum Gasteiger partial charge on any atom is 0.335 e. The van der Waals surface area contributed by atoms with Crippen LogP contribution < -0.4 is 5.32 Å². The number of carboxylic acid groups (broad SMARTS) is 1. The Labute approximate surface area is 112 Å². The first-order chi connectivity index (χ1) is 8.95. The molecule has 0 saturated heterocycles. The van der Waals surface area contributed by atoms with Crippen LogP contribution in [0.1, 0.15) is 26.8 Å². The van der Waals surface area contributed by atoms with Gasteiger partial charge in [0.15, 0.2) is 0 Å². The first-order valence-electron chi connectivity index (χ1n) is 5.20. The van der Waals surface area contributed by atoms with Gasteiger partial charge in [-0.2, -0.15) is 0 Å². The number of hydrogen-bond donors (Lipinski definition) is 3. The van der Waals surface area contributed by atoms with Gasteiger partial charge in [0.2, 0.25) is 5.82 Å². The highest BCUT2D eigenvalue weighted by atomic mass is 35.5. The van der Waals surface area contributed by atoms with Crippen molar-refractivity contribution in [2.75, 3.05) is 5.32 Å². The number of aromatic nitrogens is 3. The molecule has 1 heterocycles. The number of nitrogens with one attached hydrogen (secondary N) is 2. The first kappa shape index (κ1) is 13.0. The summed E-state index contributed by atoms with van der Waals surface area (Å²) in [5.41, 5.74) is 0.242. The van der Waals surface area contributed by atoms with Gasteiger partial charge in [-0.25, -0.2) is 9.78 Å². The minimum Gasteiger partial charge on any atom is -0.478 e. The van der Waals surface area contributed by atoms with Crippen molar-refractivity contribution < 1.29 is 14.7 Å². The molecule has 2 aromatic rings. The number of nitrogens with zero attached hydrogens (tertiary/aromatic N) is 2. The van der Waals surface area contributed by atoms with Crippen LogP contribution in [0.3, 0.4) is 0 Å². The third-order valence-corrected chi connectivity index (χ3v) is 2.42. The number of rotatable bonds is 3. The normalized spacial score (nSPS) is 10.2. The van der Waals surface area contributed by atoms with E-state index in [0.29, 0.717) is 5.82 Å². The quantitative estimate of drug-likeness (QED) is 0.793. The van der Waals surface area contributed by atoms with E-state index in [9.17, 15) is 9.59 Å². The lowest BCUT2D eigenvalue weighted by Gasteiger charge is -2.04. The number of carbonyl (C=O) groups is 2. The summed E-state index contributed by atoms with van der Waals surface area (Å²) in [4.78, 5) is 26.5. The Balaban J connectivity index is 2.23. The fourth-order valence-corrected chi connectivity index (χ4v) is 1.65. The Bertz CT molecular complexity index is 653. The summed E-state index contributed by atoms with van der Waals surface area (Å²) in [7, 11) is 0. The molecule has 0 aliphatic heterocycles. The molecule has 0 aliphatic carbocycles. The second kappa shape index (κ2) is 5.07. The van der Waals surface area contributed by atoms with Crippen molar-refractivity contribution in [1.29, 1.82) is 0 Å². The number of aryl methyl sites for hydroxylation is 1. The summed E-state index contributed by atoms with van der Waals surface area (Å²) < 4.78 is 0. The van der Waals surface area contributed by atoms with Crippen molar-refractivity contribution in [1.82, 2.24) is 15.2 Å². The average molecular weight is 281 g/mol. The molecule has 19 heavy (non-hydrogen) atoms. The van der Waals surface area contributed by atoms with Crippen molar-refractivity contribution in [2.24, 2.45) is 0 Å². The average Bonchev–Trinajstić information content (AvgIpc) is 2.75. The minimum atomic E-state index is -1.13. The lowest BCUT2D eigenvalue weighted by atomic mass is 10.2. The maximum absolute atomic E-state index is 11.8. The highest BCUT2D eigenvalue weighted by Crippen LogP contribution is 2.19. The van der Waals surface area contributed by atoms with Crippen LogP contribution in [0.2, 0.25) is 5.02 Å². The largest absolute Gasteiger partial charge is 0.478 e. The topological polar surface area (TPSA) is 108 Å². The number of H-pyrrole nitrogens is 1. The second-order valence-corrected chi connectivity index (χ2v) is 4.17. The molecule has 3 N–H and O–H groups in total. The number of benzene rings is 1. The van der Waals surface area contributed by atoms with Gasteiger partial charge in [-0.05, 0) is 25.1 Å². The third-order valence-electron chi connectivity index (χ3n) is 2.20. The monoisotopic (exact) mass is 280 g/mol. The summed E-state index contributed by atoms with van der Waals surface area (Å²) in [6.45, 7) is 1.66.